The van der Waals surface area contributed by atoms with Gasteiger partial charge in [-0.25, -0.2) is 0 Å². The van der Waals surface area contributed by atoms with Crippen LogP contribution in [0.3, 0.4) is 0 Å². The van der Waals surface area contributed by atoms with Crippen molar-refractivity contribution < 1.29 is 19.5 Å². The molecule has 4 N–H and O–H groups in total. The predicted molar refractivity (Wildman–Crippen MR) is 144 cm³/mol. The number of aliphatic carboxylic acids is 1. The number of aromatic nitrogens is 2. The molecule has 0 aliphatic rings. The Hall–Kier alpha value is -4.50. The second-order valence-electron chi connectivity index (χ2n) is 8.39. The number of pyridine rings is 1. The van der Waals surface area contributed by atoms with Crippen LogP contribution in [-0.4, -0.2) is 44.7 Å². The van der Waals surface area contributed by atoms with E-state index in [1.165, 1.54) is 12.3 Å². The summed E-state index contributed by atoms with van der Waals surface area (Å²) < 4.78 is 1.83. The molecule has 0 bridgehead atoms. The van der Waals surface area contributed by atoms with Crippen LogP contribution in [0.4, 0.5) is 5.69 Å². The van der Waals surface area contributed by atoms with Crippen LogP contribution < -0.4 is 10.6 Å². The fraction of sp³-hybridized carbons (Fsp3) is 0.148. The van der Waals surface area contributed by atoms with E-state index in [2.05, 4.69) is 4.98 Å². The highest BCUT2D eigenvalue weighted by atomic mass is 35.5. The molecule has 0 spiro atoms. The molecule has 0 aliphatic heterocycles. The van der Waals surface area contributed by atoms with Crippen molar-refractivity contribution in [2.75, 3.05) is 11.4 Å². The SMILES string of the molecule is Cl.Cn1cc(C(=O)CCc2ccc(C(=N)N)cc2)c2cc(N(CC(=O)O)C(=O)c3ccccn3)ccc21. The molecule has 0 radical (unpaired) electrons. The zero-order valence-electron chi connectivity index (χ0n) is 20.0. The molecule has 2 heterocycles. The summed E-state index contributed by atoms with van der Waals surface area (Å²) >= 11 is 0. The molecule has 9 nitrogen and oxygen atoms in total. The smallest absolute Gasteiger partial charge is 0.323 e. The maximum Gasteiger partial charge on any atom is 0.323 e. The number of carboxylic acids is 1. The molecular weight excluding hydrogens is 494 g/mol. The van der Waals surface area contributed by atoms with Gasteiger partial charge in [-0.05, 0) is 42.3 Å². The number of nitrogens with two attached hydrogens (primary N) is 1. The van der Waals surface area contributed by atoms with Gasteiger partial charge in [-0.1, -0.05) is 30.3 Å². The number of nitrogens with zero attached hydrogens (tertiary/aromatic N) is 3. The fourth-order valence-electron chi connectivity index (χ4n) is 4.06. The first-order valence-corrected chi connectivity index (χ1v) is 11.2. The Balaban J connectivity index is 0.00000380. The zero-order chi connectivity index (χ0) is 25.8. The van der Waals surface area contributed by atoms with Crippen LogP contribution >= 0.6 is 12.4 Å². The van der Waals surface area contributed by atoms with Crippen molar-refractivity contribution >= 4 is 52.5 Å². The highest BCUT2D eigenvalue weighted by Crippen LogP contribution is 2.28. The van der Waals surface area contributed by atoms with E-state index in [0.29, 0.717) is 28.6 Å². The number of carbonyl (C=O) groups is 3. The summed E-state index contributed by atoms with van der Waals surface area (Å²) in [6, 6.07) is 17.2. The Morgan fingerprint density at radius 2 is 1.81 bits per heavy atom. The van der Waals surface area contributed by atoms with Crippen molar-refractivity contribution in [1.82, 2.24) is 9.55 Å². The summed E-state index contributed by atoms with van der Waals surface area (Å²) in [4.78, 5) is 43.0. The van der Waals surface area contributed by atoms with Gasteiger partial charge in [0.15, 0.2) is 5.78 Å². The molecule has 0 fully saturated rings. The minimum absolute atomic E-state index is 0. The third-order valence-electron chi connectivity index (χ3n) is 5.91. The number of carboxylic acid groups (broad SMARTS) is 1. The third kappa shape index (κ3) is 6.02. The average Bonchev–Trinajstić information content (AvgIpc) is 3.21. The van der Waals surface area contributed by atoms with Gasteiger partial charge in [0.1, 0.15) is 18.1 Å². The van der Waals surface area contributed by atoms with E-state index in [1.54, 1.807) is 48.7 Å². The quantitative estimate of drug-likeness (QED) is 0.174. The number of benzene rings is 2. The number of fused-ring (bicyclic) bond motifs is 1. The fourth-order valence-corrected chi connectivity index (χ4v) is 4.06. The number of nitrogen functional groups attached to an aromatic ring is 1. The van der Waals surface area contributed by atoms with Gasteiger partial charge in [0.05, 0.1) is 0 Å². The summed E-state index contributed by atoms with van der Waals surface area (Å²) in [7, 11) is 1.83. The van der Waals surface area contributed by atoms with E-state index in [4.69, 9.17) is 11.1 Å². The van der Waals surface area contributed by atoms with Crippen LogP contribution in [0, 0.1) is 5.41 Å². The number of amidine groups is 1. The summed E-state index contributed by atoms with van der Waals surface area (Å²) in [5, 5.41) is 17.6. The monoisotopic (exact) mass is 519 g/mol. The first-order valence-electron chi connectivity index (χ1n) is 11.2. The number of ketones is 1. The van der Waals surface area contributed by atoms with E-state index in [-0.39, 0.29) is 36.1 Å². The summed E-state index contributed by atoms with van der Waals surface area (Å²) in [6.45, 7) is -0.548. The molecule has 0 atom stereocenters. The number of Topliss-reactive ketones (excluding diaryl/α,β-unsaturated/α-hetero) is 1. The van der Waals surface area contributed by atoms with E-state index >= 15 is 0 Å². The lowest BCUT2D eigenvalue weighted by Gasteiger charge is -2.21. The lowest BCUT2D eigenvalue weighted by Crippen LogP contribution is -2.36. The van der Waals surface area contributed by atoms with Crippen LogP contribution in [0.25, 0.3) is 10.9 Å². The molecule has 4 rings (SSSR count). The van der Waals surface area contributed by atoms with Gasteiger partial charge in [-0.3, -0.25) is 29.7 Å². The minimum atomic E-state index is -1.17. The maximum absolute atomic E-state index is 13.2. The number of rotatable bonds is 9. The van der Waals surface area contributed by atoms with E-state index in [9.17, 15) is 19.5 Å². The molecular formula is C27H26ClN5O4. The Morgan fingerprint density at radius 1 is 1.08 bits per heavy atom. The van der Waals surface area contributed by atoms with Crippen molar-refractivity contribution in [2.24, 2.45) is 12.8 Å². The normalized spacial score (nSPS) is 10.5. The van der Waals surface area contributed by atoms with Crippen molar-refractivity contribution in [1.29, 1.82) is 5.41 Å². The van der Waals surface area contributed by atoms with E-state index in [0.717, 1.165) is 16.0 Å². The first-order chi connectivity index (χ1) is 17.2. The Kier molecular flexibility index (Phi) is 8.41. The third-order valence-corrected chi connectivity index (χ3v) is 5.91. The van der Waals surface area contributed by atoms with Gasteiger partial charge < -0.3 is 15.4 Å². The summed E-state index contributed by atoms with van der Waals surface area (Å²) in [5.74, 6) is -1.80. The highest BCUT2D eigenvalue weighted by Gasteiger charge is 2.23. The maximum atomic E-state index is 13.2. The van der Waals surface area contributed by atoms with Gasteiger partial charge in [-0.2, -0.15) is 0 Å². The highest BCUT2D eigenvalue weighted by molar-refractivity contribution is 6.11. The van der Waals surface area contributed by atoms with E-state index < -0.39 is 18.4 Å². The number of hydrogen-bond acceptors (Lipinski definition) is 5. The number of halogens is 1. The molecule has 37 heavy (non-hydrogen) atoms. The predicted octanol–water partition coefficient (Wildman–Crippen LogP) is 3.83. The summed E-state index contributed by atoms with van der Waals surface area (Å²) in [6.07, 6.45) is 3.99. The van der Waals surface area contributed by atoms with Crippen molar-refractivity contribution in [3.8, 4) is 0 Å². The summed E-state index contributed by atoms with van der Waals surface area (Å²) in [5.41, 5.74) is 8.83. The standard InChI is InChI=1S/C27H25N5O4.ClH/c1-31-15-21(24(33)12-7-17-5-8-18(9-6-17)26(28)29)20-14-19(10-11-23(20)31)32(16-25(34)35)27(36)22-4-2-3-13-30-22;/h2-6,8-11,13-15H,7,12,16H2,1H3,(H3,28,29)(H,34,35);1H. The minimum Gasteiger partial charge on any atom is -0.480 e. The van der Waals surface area contributed by atoms with Gasteiger partial charge in [0, 0.05) is 53.6 Å². The van der Waals surface area contributed by atoms with Gasteiger partial charge >= 0.3 is 5.97 Å². The van der Waals surface area contributed by atoms with Crippen molar-refractivity contribution in [3.63, 3.8) is 0 Å². The number of amides is 1. The van der Waals surface area contributed by atoms with Crippen LogP contribution in [0.1, 0.15) is 38.4 Å². The molecule has 4 aromatic rings. The Labute approximate surface area is 219 Å². The second-order valence-corrected chi connectivity index (χ2v) is 8.39. The number of hydrogen-bond donors (Lipinski definition) is 3. The van der Waals surface area contributed by atoms with E-state index in [1.807, 2.05) is 23.7 Å². The largest absolute Gasteiger partial charge is 0.480 e. The molecule has 2 aromatic carbocycles. The molecule has 0 unspecified atom stereocenters. The number of nitrogens with one attached hydrogen (secondary N) is 1. The number of aryl methyl sites for hydroxylation is 2. The second kappa shape index (κ2) is 11.5. The molecule has 1 amide bonds. The molecule has 2 aromatic heterocycles. The molecule has 0 saturated carbocycles. The lowest BCUT2D eigenvalue weighted by atomic mass is 10.0. The lowest BCUT2D eigenvalue weighted by molar-refractivity contribution is -0.135. The topological polar surface area (TPSA) is 142 Å². The van der Waals surface area contributed by atoms with Crippen LogP contribution in [-0.2, 0) is 18.3 Å². The van der Waals surface area contributed by atoms with Crippen molar-refractivity contribution in [3.05, 3.63) is 95.4 Å². The van der Waals surface area contributed by atoms with Gasteiger partial charge in [0.2, 0.25) is 0 Å². The first kappa shape index (κ1) is 27.1. The molecule has 0 saturated heterocycles. The van der Waals surface area contributed by atoms with Gasteiger partial charge in [0.25, 0.3) is 5.91 Å². The van der Waals surface area contributed by atoms with Crippen LogP contribution in [0.2, 0.25) is 0 Å². The average molecular weight is 520 g/mol. The Bertz CT molecular complexity index is 1470. The molecule has 10 heteroatoms. The van der Waals surface area contributed by atoms with Crippen LogP contribution in [0.5, 0.6) is 0 Å². The number of carbonyl (C=O) groups excluding carboxylic acids is 2. The van der Waals surface area contributed by atoms with Gasteiger partial charge in [-0.15, -0.1) is 12.4 Å². The van der Waals surface area contributed by atoms with Crippen LogP contribution in [0.15, 0.2) is 73.1 Å². The zero-order valence-corrected chi connectivity index (χ0v) is 20.9. The molecule has 0 aliphatic carbocycles. The number of anilines is 1. The Morgan fingerprint density at radius 3 is 2.43 bits per heavy atom. The molecule has 190 valence electrons. The van der Waals surface area contributed by atoms with Crippen molar-refractivity contribution in [2.45, 2.75) is 12.8 Å².